The zero-order chi connectivity index (χ0) is 26.4. The summed E-state index contributed by atoms with van der Waals surface area (Å²) in [6.45, 7) is 10.5. The Morgan fingerprint density at radius 3 is 2.61 bits per heavy atom. The molecule has 1 spiro atoms. The van der Waals surface area contributed by atoms with E-state index in [0.717, 1.165) is 45.1 Å². The van der Waals surface area contributed by atoms with Crippen molar-refractivity contribution in [3.63, 3.8) is 0 Å². The average Bonchev–Trinajstić information content (AvgIpc) is 3.35. The van der Waals surface area contributed by atoms with E-state index >= 15 is 0 Å². The van der Waals surface area contributed by atoms with Crippen LogP contribution in [0.5, 0.6) is 0 Å². The maximum atomic E-state index is 13.3. The Bertz CT molecular complexity index is 933. The minimum Gasteiger partial charge on any atom is -0.393 e. The Labute approximate surface area is 228 Å². The van der Waals surface area contributed by atoms with Crippen molar-refractivity contribution in [2.24, 2.45) is 52.3 Å². The molecule has 7 aliphatic rings. The van der Waals surface area contributed by atoms with Gasteiger partial charge in [-0.3, -0.25) is 4.79 Å². The SMILES string of the molecule is C[C@H]1CO[C@@]2(O[C@H]3C[C@H]4[C@@H]5CC[C@H]6C[C@@H](OC7CCCCO7)CC[C@]6(C)[C@H]5C[C@@H](O)[C@]4(C)[C@H]3[C@@H]2C)C(=O)C1. The van der Waals surface area contributed by atoms with E-state index in [9.17, 15) is 9.90 Å². The van der Waals surface area contributed by atoms with Gasteiger partial charge in [0.05, 0.1) is 24.9 Å². The number of aliphatic hydroxyl groups is 1. The van der Waals surface area contributed by atoms with Crippen LogP contribution in [0.25, 0.3) is 0 Å². The van der Waals surface area contributed by atoms with E-state index in [4.69, 9.17) is 18.9 Å². The maximum absolute atomic E-state index is 13.3. The number of fused-ring (bicyclic) bond motifs is 7. The van der Waals surface area contributed by atoms with Crippen LogP contribution in [0.2, 0.25) is 0 Å². The normalized spacial score (nSPS) is 58.2. The molecule has 0 radical (unpaired) electrons. The fourth-order valence-corrected chi connectivity index (χ4v) is 11.3. The first-order chi connectivity index (χ1) is 18.2. The van der Waals surface area contributed by atoms with Gasteiger partial charge in [-0.2, -0.15) is 0 Å². The van der Waals surface area contributed by atoms with Crippen LogP contribution in [0.3, 0.4) is 0 Å². The molecular weight excluding hydrogens is 480 g/mol. The van der Waals surface area contributed by atoms with Gasteiger partial charge in [0.25, 0.3) is 0 Å². The third kappa shape index (κ3) is 3.65. The number of carbonyl (C=O) groups excluding carboxylic acids is 1. The summed E-state index contributed by atoms with van der Waals surface area (Å²) in [7, 11) is 0. The largest absolute Gasteiger partial charge is 0.393 e. The molecule has 14 atom stereocenters. The summed E-state index contributed by atoms with van der Waals surface area (Å²) in [6, 6.07) is 0. The summed E-state index contributed by atoms with van der Waals surface area (Å²) >= 11 is 0. The van der Waals surface area contributed by atoms with Crippen molar-refractivity contribution >= 4 is 5.78 Å². The van der Waals surface area contributed by atoms with Gasteiger partial charge >= 0.3 is 0 Å². The fourth-order valence-electron chi connectivity index (χ4n) is 11.3. The van der Waals surface area contributed by atoms with Crippen molar-refractivity contribution in [3.05, 3.63) is 0 Å². The van der Waals surface area contributed by atoms with Gasteiger partial charge < -0.3 is 24.1 Å². The van der Waals surface area contributed by atoms with Gasteiger partial charge in [-0.1, -0.05) is 27.7 Å². The Morgan fingerprint density at radius 2 is 1.84 bits per heavy atom. The first-order valence-corrected chi connectivity index (χ1v) is 16.0. The molecule has 0 aromatic rings. The zero-order valence-electron chi connectivity index (χ0n) is 24.0. The van der Waals surface area contributed by atoms with Gasteiger partial charge in [0.1, 0.15) is 0 Å². The molecule has 1 unspecified atom stereocenters. The standard InChI is InChI=1S/C32H50O6/c1-18-13-27(34)32(36-17-18)19(2)29-25(38-32)15-24-22-9-8-20-14-21(37-28-7-5-6-12-35-28)10-11-30(20,3)23(22)16-26(33)31(24,29)4/h18-26,28-29,33H,5-17H2,1-4H3/t18-,19+,20+,21+,22-,23+,24+,25+,26-,28?,29+,30+,31-,32+/m1/s1. The Kier molecular flexibility index (Phi) is 6.41. The molecular formula is C32H50O6. The summed E-state index contributed by atoms with van der Waals surface area (Å²) < 4.78 is 25.3. The molecule has 3 aliphatic heterocycles. The molecule has 3 saturated heterocycles. The molecule has 7 fully saturated rings. The predicted molar refractivity (Wildman–Crippen MR) is 142 cm³/mol. The van der Waals surface area contributed by atoms with Crippen LogP contribution in [0.4, 0.5) is 0 Å². The van der Waals surface area contributed by atoms with E-state index in [1.54, 1.807) is 0 Å². The van der Waals surface area contributed by atoms with E-state index in [0.29, 0.717) is 42.8 Å². The highest BCUT2D eigenvalue weighted by molar-refractivity contribution is 5.87. The van der Waals surface area contributed by atoms with Crippen LogP contribution in [-0.4, -0.2) is 54.5 Å². The molecule has 6 nitrogen and oxygen atoms in total. The third-order valence-electron chi connectivity index (χ3n) is 13.3. The molecule has 214 valence electrons. The van der Waals surface area contributed by atoms with Crippen molar-refractivity contribution < 1.29 is 28.8 Å². The first kappa shape index (κ1) is 26.4. The van der Waals surface area contributed by atoms with Crippen molar-refractivity contribution in [1.82, 2.24) is 0 Å². The highest BCUT2D eigenvalue weighted by Gasteiger charge is 2.73. The lowest BCUT2D eigenvalue weighted by molar-refractivity contribution is -0.254. The smallest absolute Gasteiger partial charge is 0.232 e. The number of ether oxygens (including phenoxy) is 4. The predicted octanol–water partition coefficient (Wildman–Crippen LogP) is 5.49. The fraction of sp³-hybridized carbons (Fsp3) is 0.969. The molecule has 6 heteroatoms. The van der Waals surface area contributed by atoms with Crippen molar-refractivity contribution in [2.45, 2.75) is 129 Å². The lowest BCUT2D eigenvalue weighted by Gasteiger charge is -2.62. The van der Waals surface area contributed by atoms with Crippen LogP contribution in [0.15, 0.2) is 0 Å². The summed E-state index contributed by atoms with van der Waals surface area (Å²) in [5, 5.41) is 12.0. The van der Waals surface area contributed by atoms with Gasteiger partial charge in [-0.15, -0.1) is 0 Å². The number of rotatable bonds is 2. The molecule has 7 rings (SSSR count). The Balaban J connectivity index is 1.09. The van der Waals surface area contributed by atoms with Gasteiger partial charge in [0.15, 0.2) is 12.1 Å². The third-order valence-corrected chi connectivity index (χ3v) is 13.3. The van der Waals surface area contributed by atoms with Crippen molar-refractivity contribution in [1.29, 1.82) is 0 Å². The van der Waals surface area contributed by atoms with Crippen LogP contribution < -0.4 is 0 Å². The molecule has 0 aromatic carbocycles. The van der Waals surface area contributed by atoms with E-state index in [2.05, 4.69) is 27.7 Å². The molecule has 1 N–H and O–H groups in total. The lowest BCUT2D eigenvalue weighted by Crippen LogP contribution is -2.60. The average molecular weight is 531 g/mol. The molecule has 3 heterocycles. The van der Waals surface area contributed by atoms with Crippen LogP contribution in [0.1, 0.15) is 98.3 Å². The quantitative estimate of drug-likeness (QED) is 0.476. The molecule has 4 aliphatic carbocycles. The monoisotopic (exact) mass is 530 g/mol. The number of hydrogen-bond donors (Lipinski definition) is 1. The lowest BCUT2D eigenvalue weighted by atomic mass is 9.43. The van der Waals surface area contributed by atoms with Crippen LogP contribution in [0, 0.1) is 52.3 Å². The van der Waals surface area contributed by atoms with Gasteiger partial charge in [0.2, 0.25) is 5.79 Å². The summed E-state index contributed by atoms with van der Waals surface area (Å²) in [5.41, 5.74) is 0.0474. The van der Waals surface area contributed by atoms with Crippen molar-refractivity contribution in [3.8, 4) is 0 Å². The topological polar surface area (TPSA) is 74.2 Å². The van der Waals surface area contributed by atoms with E-state index in [1.165, 1.54) is 25.7 Å². The number of carbonyl (C=O) groups is 1. The summed E-state index contributed by atoms with van der Waals surface area (Å²) in [6.07, 6.45) is 11.7. The van der Waals surface area contributed by atoms with Crippen LogP contribution in [-0.2, 0) is 23.7 Å². The Hall–Kier alpha value is -0.530. The van der Waals surface area contributed by atoms with E-state index < -0.39 is 5.79 Å². The summed E-state index contributed by atoms with van der Waals surface area (Å²) in [4.78, 5) is 13.3. The maximum Gasteiger partial charge on any atom is 0.232 e. The Morgan fingerprint density at radius 1 is 1.00 bits per heavy atom. The second-order valence-electron chi connectivity index (χ2n) is 15.0. The molecule has 0 amide bonds. The van der Waals surface area contributed by atoms with E-state index in [-0.39, 0.29) is 52.9 Å². The highest BCUT2D eigenvalue weighted by Crippen LogP contribution is 2.71. The van der Waals surface area contributed by atoms with Crippen LogP contribution >= 0.6 is 0 Å². The minimum absolute atomic E-state index is 0.00178. The summed E-state index contributed by atoms with van der Waals surface area (Å²) in [5.74, 6) is 1.73. The number of Topliss-reactive ketones (excluding diaryl/α,β-unsaturated/α-hetero) is 1. The first-order valence-electron chi connectivity index (χ1n) is 16.0. The van der Waals surface area contributed by atoms with Gasteiger partial charge in [-0.25, -0.2) is 0 Å². The second-order valence-corrected chi connectivity index (χ2v) is 15.0. The second kappa shape index (κ2) is 9.24. The van der Waals surface area contributed by atoms with Gasteiger partial charge in [-0.05, 0) is 99.2 Å². The van der Waals surface area contributed by atoms with Crippen molar-refractivity contribution in [2.75, 3.05) is 13.2 Å². The zero-order valence-corrected chi connectivity index (χ0v) is 24.0. The number of ketones is 1. The van der Waals surface area contributed by atoms with E-state index in [1.807, 2.05) is 0 Å². The number of aliphatic hydroxyl groups excluding tert-OH is 1. The minimum atomic E-state index is -1.09. The van der Waals surface area contributed by atoms with Gasteiger partial charge in [0, 0.05) is 30.3 Å². The molecule has 4 saturated carbocycles. The molecule has 0 bridgehead atoms. The molecule has 38 heavy (non-hydrogen) atoms. The highest BCUT2D eigenvalue weighted by atomic mass is 16.7. The number of hydrogen-bond acceptors (Lipinski definition) is 6. The molecule has 0 aromatic heterocycles.